The summed E-state index contributed by atoms with van der Waals surface area (Å²) in [5, 5.41) is 9.55. The van der Waals surface area contributed by atoms with Crippen molar-refractivity contribution < 1.29 is 18.0 Å². The Kier molecular flexibility index (Phi) is 6.04. The van der Waals surface area contributed by atoms with Crippen LogP contribution in [0.3, 0.4) is 0 Å². The molecule has 1 fully saturated rings. The van der Waals surface area contributed by atoms with Crippen LogP contribution in [0, 0.1) is 0 Å². The molecule has 0 spiro atoms. The van der Waals surface area contributed by atoms with E-state index in [2.05, 4.69) is 15.5 Å². The number of nitrogens with zero attached hydrogens (tertiary/aromatic N) is 3. The third-order valence-corrected chi connectivity index (χ3v) is 6.89. The fourth-order valence-corrected chi connectivity index (χ4v) is 4.94. The van der Waals surface area contributed by atoms with E-state index in [-0.39, 0.29) is 22.6 Å². The Balaban J connectivity index is 1.70. The Labute approximate surface area is 170 Å². The van der Waals surface area contributed by atoms with Crippen molar-refractivity contribution in [3.8, 4) is 0 Å². The van der Waals surface area contributed by atoms with Crippen LogP contribution in [0.1, 0.15) is 41.7 Å². The van der Waals surface area contributed by atoms with Gasteiger partial charge in [0.2, 0.25) is 15.9 Å². The molecule has 156 valence electrons. The molecule has 0 atom stereocenters. The number of H-pyrrole nitrogens is 1. The maximum atomic E-state index is 12.9. The fourth-order valence-electron chi connectivity index (χ4n) is 3.47. The molecule has 2 heterocycles. The minimum absolute atomic E-state index is 0.0463. The number of amides is 2. The second-order valence-corrected chi connectivity index (χ2v) is 9.22. The Hall–Kier alpha value is -2.72. The van der Waals surface area contributed by atoms with Gasteiger partial charge < -0.3 is 10.2 Å². The molecule has 29 heavy (non-hydrogen) atoms. The van der Waals surface area contributed by atoms with E-state index in [0.717, 1.165) is 5.69 Å². The molecular weight excluding hydrogens is 394 g/mol. The summed E-state index contributed by atoms with van der Waals surface area (Å²) in [5.41, 5.74) is 1.85. The first-order valence-corrected chi connectivity index (χ1v) is 10.8. The first kappa shape index (κ1) is 21.0. The Morgan fingerprint density at radius 1 is 1.17 bits per heavy atom. The van der Waals surface area contributed by atoms with Crippen molar-refractivity contribution in [3.63, 3.8) is 0 Å². The summed E-state index contributed by atoms with van der Waals surface area (Å²) in [6.45, 7) is 2.11. The number of hydrogen-bond donors (Lipinski definition) is 2. The van der Waals surface area contributed by atoms with Gasteiger partial charge in [0.15, 0.2) is 0 Å². The van der Waals surface area contributed by atoms with Crippen molar-refractivity contribution in [2.45, 2.75) is 30.6 Å². The van der Waals surface area contributed by atoms with E-state index in [1.165, 1.54) is 34.5 Å². The molecule has 9 nitrogen and oxygen atoms in total. The van der Waals surface area contributed by atoms with Crippen LogP contribution >= 0.6 is 0 Å². The van der Waals surface area contributed by atoms with E-state index in [1.54, 1.807) is 26.2 Å². The number of carbonyl (C=O) groups excluding carboxylic acids is 2. The zero-order chi connectivity index (χ0) is 21.2. The number of rotatable bonds is 5. The van der Waals surface area contributed by atoms with Gasteiger partial charge in [-0.05, 0) is 37.1 Å². The van der Waals surface area contributed by atoms with E-state index in [4.69, 9.17) is 0 Å². The number of carbonyl (C=O) groups is 2. The maximum absolute atomic E-state index is 12.9. The maximum Gasteiger partial charge on any atom is 0.256 e. The summed E-state index contributed by atoms with van der Waals surface area (Å²) < 4.78 is 27.3. The van der Waals surface area contributed by atoms with Crippen molar-refractivity contribution in [2.24, 2.45) is 0 Å². The fraction of sp³-hybridized carbons (Fsp3) is 0.421. The smallest absolute Gasteiger partial charge is 0.256 e. The van der Waals surface area contributed by atoms with Crippen molar-refractivity contribution in [2.75, 3.05) is 32.5 Å². The van der Waals surface area contributed by atoms with Gasteiger partial charge in [-0.25, -0.2) is 8.42 Å². The summed E-state index contributed by atoms with van der Waals surface area (Å²) in [6.07, 6.45) is 2.72. The van der Waals surface area contributed by atoms with Crippen molar-refractivity contribution in [1.82, 2.24) is 19.4 Å². The Morgan fingerprint density at radius 3 is 2.34 bits per heavy atom. The molecular formula is C19H25N5O4S. The highest BCUT2D eigenvalue weighted by Crippen LogP contribution is 2.32. The van der Waals surface area contributed by atoms with Crippen LogP contribution in [0.25, 0.3) is 0 Å². The van der Waals surface area contributed by atoms with E-state index in [1.807, 2.05) is 0 Å². The summed E-state index contributed by atoms with van der Waals surface area (Å²) in [6, 6.07) is 6.14. The lowest BCUT2D eigenvalue weighted by atomic mass is 9.92. The van der Waals surface area contributed by atoms with Gasteiger partial charge in [-0.15, -0.1) is 0 Å². The number of benzene rings is 1. The molecule has 0 unspecified atom stereocenters. The second-order valence-electron chi connectivity index (χ2n) is 7.28. The number of aromatic nitrogens is 2. The quantitative estimate of drug-likeness (QED) is 0.764. The number of hydrogen-bond acceptors (Lipinski definition) is 5. The number of anilines is 1. The average Bonchev–Trinajstić information content (AvgIpc) is 3.17. The molecule has 1 saturated heterocycles. The molecule has 0 aliphatic carbocycles. The highest BCUT2D eigenvalue weighted by Gasteiger charge is 2.32. The minimum Gasteiger partial charge on any atom is -0.345 e. The molecule has 3 rings (SSSR count). The summed E-state index contributed by atoms with van der Waals surface area (Å²) in [5.74, 6) is -0.290. The minimum atomic E-state index is -3.62. The first-order chi connectivity index (χ1) is 13.7. The van der Waals surface area contributed by atoms with Gasteiger partial charge in [-0.3, -0.25) is 14.7 Å². The van der Waals surface area contributed by atoms with Crippen molar-refractivity contribution in [1.29, 1.82) is 0 Å². The molecule has 0 saturated carbocycles. The monoisotopic (exact) mass is 419 g/mol. The van der Waals surface area contributed by atoms with E-state index >= 15 is 0 Å². The van der Waals surface area contributed by atoms with Crippen LogP contribution in [-0.4, -0.2) is 66.8 Å². The highest BCUT2D eigenvalue weighted by molar-refractivity contribution is 7.89. The molecule has 1 aromatic carbocycles. The van der Waals surface area contributed by atoms with Crippen LogP contribution in [-0.2, 0) is 14.8 Å². The number of piperidine rings is 1. The number of nitrogens with one attached hydrogen (secondary N) is 2. The van der Waals surface area contributed by atoms with Gasteiger partial charge in [0.1, 0.15) is 0 Å². The zero-order valence-electron chi connectivity index (χ0n) is 16.7. The molecule has 2 aromatic rings. The van der Waals surface area contributed by atoms with Gasteiger partial charge in [-0.1, -0.05) is 0 Å². The van der Waals surface area contributed by atoms with Crippen LogP contribution in [0.2, 0.25) is 0 Å². The molecule has 10 heteroatoms. The van der Waals surface area contributed by atoms with Gasteiger partial charge >= 0.3 is 0 Å². The second kappa shape index (κ2) is 8.34. The third-order valence-electron chi connectivity index (χ3n) is 4.98. The molecule has 1 aliphatic heterocycles. The van der Waals surface area contributed by atoms with E-state index in [0.29, 0.717) is 37.2 Å². The standard InChI is InChI=1S/C19H25N5O4S/c1-13(25)21-15-4-6-16(7-5-15)29(27,28)24-10-8-14(9-11-24)18-17(12-20-22-18)19(26)23(2)3/h4-7,12,14H,8-11H2,1-3H3,(H,20,22)(H,21,25). The lowest BCUT2D eigenvalue weighted by Crippen LogP contribution is -2.38. The molecule has 2 amide bonds. The molecule has 1 aliphatic rings. The molecule has 0 bridgehead atoms. The molecule has 2 N–H and O–H groups in total. The summed E-state index contributed by atoms with van der Waals surface area (Å²) in [7, 11) is -0.248. The van der Waals surface area contributed by atoms with Gasteiger partial charge in [0, 0.05) is 45.7 Å². The van der Waals surface area contributed by atoms with Crippen LogP contribution < -0.4 is 5.32 Å². The summed E-state index contributed by atoms with van der Waals surface area (Å²) in [4.78, 5) is 25.1. The van der Waals surface area contributed by atoms with Crippen molar-refractivity contribution >= 4 is 27.5 Å². The Bertz CT molecular complexity index is 990. The molecule has 0 radical (unpaired) electrons. The SMILES string of the molecule is CC(=O)Nc1ccc(S(=O)(=O)N2CCC(c3[nH]ncc3C(=O)N(C)C)CC2)cc1. The lowest BCUT2D eigenvalue weighted by molar-refractivity contribution is -0.114. The zero-order valence-corrected chi connectivity index (χ0v) is 17.5. The average molecular weight is 420 g/mol. The predicted molar refractivity (Wildman–Crippen MR) is 108 cm³/mol. The van der Waals surface area contributed by atoms with Gasteiger partial charge in [0.25, 0.3) is 5.91 Å². The van der Waals surface area contributed by atoms with Crippen LogP contribution in [0.4, 0.5) is 5.69 Å². The van der Waals surface area contributed by atoms with Gasteiger partial charge in [-0.2, -0.15) is 9.40 Å². The molecule has 1 aromatic heterocycles. The summed E-state index contributed by atoms with van der Waals surface area (Å²) >= 11 is 0. The predicted octanol–water partition coefficient (Wildman–Crippen LogP) is 1.64. The largest absolute Gasteiger partial charge is 0.345 e. The van der Waals surface area contributed by atoms with E-state index in [9.17, 15) is 18.0 Å². The lowest BCUT2D eigenvalue weighted by Gasteiger charge is -2.31. The van der Waals surface area contributed by atoms with Gasteiger partial charge in [0.05, 0.1) is 22.3 Å². The normalized spacial score (nSPS) is 15.8. The first-order valence-electron chi connectivity index (χ1n) is 9.33. The Morgan fingerprint density at radius 2 is 1.79 bits per heavy atom. The topological polar surface area (TPSA) is 115 Å². The number of sulfonamides is 1. The van der Waals surface area contributed by atoms with Crippen LogP contribution in [0.15, 0.2) is 35.4 Å². The van der Waals surface area contributed by atoms with Crippen LogP contribution in [0.5, 0.6) is 0 Å². The number of aromatic amines is 1. The van der Waals surface area contributed by atoms with E-state index < -0.39 is 10.0 Å². The third kappa shape index (κ3) is 4.48. The van der Waals surface area contributed by atoms with Crippen molar-refractivity contribution in [3.05, 3.63) is 41.7 Å². The highest BCUT2D eigenvalue weighted by atomic mass is 32.2.